The highest BCUT2D eigenvalue weighted by Crippen LogP contribution is 2.14. The Labute approximate surface area is 82.3 Å². The van der Waals surface area contributed by atoms with Gasteiger partial charge in [0.1, 0.15) is 5.69 Å². The molecule has 0 aliphatic heterocycles. The zero-order valence-corrected chi connectivity index (χ0v) is 7.34. The summed E-state index contributed by atoms with van der Waals surface area (Å²) in [6.45, 7) is 0. The monoisotopic (exact) mass is 203 g/mol. The molecular weight excluding hydrogens is 198 g/mol. The van der Waals surface area contributed by atoms with Crippen LogP contribution in [0.15, 0.2) is 12.4 Å². The first-order chi connectivity index (χ1) is 7.43. The molecule has 0 spiro atoms. The van der Waals surface area contributed by atoms with E-state index < -0.39 is 0 Å². The van der Waals surface area contributed by atoms with Gasteiger partial charge in [-0.25, -0.2) is 4.98 Å². The van der Waals surface area contributed by atoms with Gasteiger partial charge in [0.05, 0.1) is 12.4 Å². The molecule has 3 rings (SSSR count). The van der Waals surface area contributed by atoms with Gasteiger partial charge >= 0.3 is 0 Å². The SMILES string of the molecule is c1n[nH]nc1-c1n[nH]c(-c2cn[nH]n2)n1. The van der Waals surface area contributed by atoms with Gasteiger partial charge in [0.25, 0.3) is 0 Å². The van der Waals surface area contributed by atoms with Crippen LogP contribution in [0.4, 0.5) is 0 Å². The van der Waals surface area contributed by atoms with E-state index in [1.165, 1.54) is 6.20 Å². The molecule has 0 aliphatic carbocycles. The zero-order valence-electron chi connectivity index (χ0n) is 7.34. The average molecular weight is 203 g/mol. The van der Waals surface area contributed by atoms with Crippen LogP contribution in [0, 0.1) is 0 Å². The number of nitrogens with one attached hydrogen (secondary N) is 3. The van der Waals surface area contributed by atoms with E-state index >= 15 is 0 Å². The van der Waals surface area contributed by atoms with E-state index in [4.69, 9.17) is 0 Å². The van der Waals surface area contributed by atoms with Gasteiger partial charge in [-0.15, -0.1) is 0 Å². The molecule has 0 bridgehead atoms. The van der Waals surface area contributed by atoms with Crippen molar-refractivity contribution in [2.24, 2.45) is 0 Å². The number of aromatic nitrogens is 9. The number of H-pyrrole nitrogens is 3. The number of rotatable bonds is 2. The fourth-order valence-corrected chi connectivity index (χ4v) is 1.12. The summed E-state index contributed by atoms with van der Waals surface area (Å²) in [6.07, 6.45) is 3.09. The van der Waals surface area contributed by atoms with Crippen LogP contribution in [0.1, 0.15) is 0 Å². The van der Waals surface area contributed by atoms with E-state index in [0.29, 0.717) is 23.0 Å². The Kier molecular flexibility index (Phi) is 1.54. The first kappa shape index (κ1) is 7.79. The molecule has 15 heavy (non-hydrogen) atoms. The molecule has 74 valence electrons. The summed E-state index contributed by atoms with van der Waals surface area (Å²) in [5.41, 5.74) is 1.17. The Morgan fingerprint density at radius 3 is 2.27 bits per heavy atom. The van der Waals surface area contributed by atoms with Crippen LogP contribution in [-0.2, 0) is 0 Å². The van der Waals surface area contributed by atoms with E-state index in [1.807, 2.05) is 0 Å². The summed E-state index contributed by atoms with van der Waals surface area (Å²) in [7, 11) is 0. The van der Waals surface area contributed by atoms with Gasteiger partial charge in [-0.05, 0) is 0 Å². The molecule has 0 saturated carbocycles. The minimum Gasteiger partial charge on any atom is -0.257 e. The van der Waals surface area contributed by atoms with Crippen molar-refractivity contribution in [3.05, 3.63) is 12.4 Å². The second-order valence-electron chi connectivity index (χ2n) is 2.72. The molecule has 3 N–H and O–H groups in total. The fourth-order valence-electron chi connectivity index (χ4n) is 1.12. The standard InChI is InChI=1S/C6H5N9/c1-3(10-14-7-1)5-9-6(13-12-5)4-2-8-15-11-4/h1-2H,(H,7,10,14)(H,8,11,15)(H,9,12,13). The summed E-state index contributed by atoms with van der Waals surface area (Å²) < 4.78 is 0. The molecule has 9 heteroatoms. The van der Waals surface area contributed by atoms with Crippen molar-refractivity contribution in [3.8, 4) is 23.0 Å². The van der Waals surface area contributed by atoms with Crippen molar-refractivity contribution >= 4 is 0 Å². The first-order valence-corrected chi connectivity index (χ1v) is 4.08. The lowest BCUT2D eigenvalue weighted by molar-refractivity contribution is 0.938. The van der Waals surface area contributed by atoms with Crippen LogP contribution in [0.3, 0.4) is 0 Å². The van der Waals surface area contributed by atoms with Gasteiger partial charge in [0, 0.05) is 0 Å². The first-order valence-electron chi connectivity index (χ1n) is 4.08. The maximum atomic E-state index is 4.18. The highest BCUT2D eigenvalue weighted by atomic mass is 15.4. The molecule has 0 unspecified atom stereocenters. The maximum Gasteiger partial charge on any atom is 0.203 e. The molecule has 0 fully saturated rings. The largest absolute Gasteiger partial charge is 0.257 e. The smallest absolute Gasteiger partial charge is 0.203 e. The molecule has 3 aromatic heterocycles. The van der Waals surface area contributed by atoms with Crippen LogP contribution >= 0.6 is 0 Å². The molecule has 0 atom stereocenters. The number of hydrogen-bond acceptors (Lipinski definition) is 6. The second-order valence-corrected chi connectivity index (χ2v) is 2.72. The van der Waals surface area contributed by atoms with E-state index in [1.54, 1.807) is 6.20 Å². The van der Waals surface area contributed by atoms with E-state index in [0.717, 1.165) is 0 Å². The molecule has 0 aliphatic rings. The van der Waals surface area contributed by atoms with Gasteiger partial charge in [-0.3, -0.25) is 5.10 Å². The van der Waals surface area contributed by atoms with Crippen LogP contribution in [0.5, 0.6) is 0 Å². The third kappa shape index (κ3) is 1.25. The zero-order chi connectivity index (χ0) is 10.1. The Morgan fingerprint density at radius 1 is 0.867 bits per heavy atom. The summed E-state index contributed by atoms with van der Waals surface area (Å²) >= 11 is 0. The van der Waals surface area contributed by atoms with Gasteiger partial charge in [0.15, 0.2) is 11.5 Å². The Balaban J connectivity index is 2.02. The Morgan fingerprint density at radius 2 is 1.60 bits per heavy atom. The average Bonchev–Trinajstić information content (AvgIpc) is 3.02. The van der Waals surface area contributed by atoms with Crippen molar-refractivity contribution in [1.82, 2.24) is 46.0 Å². The summed E-state index contributed by atoms with van der Waals surface area (Å²) in [5.74, 6) is 0.989. The fraction of sp³-hybridized carbons (Fsp3) is 0. The molecule has 0 aromatic carbocycles. The molecule has 3 heterocycles. The minimum absolute atomic E-state index is 0.460. The van der Waals surface area contributed by atoms with Gasteiger partial charge in [0.2, 0.25) is 5.82 Å². The minimum atomic E-state index is 0.460. The highest BCUT2D eigenvalue weighted by molar-refractivity contribution is 5.53. The van der Waals surface area contributed by atoms with E-state index in [9.17, 15) is 0 Å². The highest BCUT2D eigenvalue weighted by Gasteiger charge is 2.10. The van der Waals surface area contributed by atoms with Gasteiger partial charge in [-0.2, -0.15) is 35.9 Å². The van der Waals surface area contributed by atoms with Crippen LogP contribution in [0.2, 0.25) is 0 Å². The molecule has 0 saturated heterocycles. The van der Waals surface area contributed by atoms with Crippen LogP contribution in [0.25, 0.3) is 23.0 Å². The predicted molar refractivity (Wildman–Crippen MR) is 47.1 cm³/mol. The van der Waals surface area contributed by atoms with E-state index in [-0.39, 0.29) is 0 Å². The van der Waals surface area contributed by atoms with Crippen molar-refractivity contribution in [2.45, 2.75) is 0 Å². The van der Waals surface area contributed by atoms with Crippen molar-refractivity contribution in [2.75, 3.05) is 0 Å². The number of nitrogens with zero attached hydrogens (tertiary/aromatic N) is 6. The van der Waals surface area contributed by atoms with Gasteiger partial charge < -0.3 is 0 Å². The van der Waals surface area contributed by atoms with Gasteiger partial charge in [-0.1, -0.05) is 0 Å². The summed E-state index contributed by atoms with van der Waals surface area (Å²) in [6, 6.07) is 0. The normalized spacial score (nSPS) is 10.7. The van der Waals surface area contributed by atoms with Crippen molar-refractivity contribution < 1.29 is 0 Å². The lowest BCUT2D eigenvalue weighted by Gasteiger charge is -1.82. The maximum absolute atomic E-state index is 4.18. The summed E-state index contributed by atoms with van der Waals surface area (Å²) in [4.78, 5) is 4.18. The quantitative estimate of drug-likeness (QED) is 0.509. The topological polar surface area (TPSA) is 125 Å². The summed E-state index contributed by atoms with van der Waals surface area (Å²) in [5, 5.41) is 26.7. The number of hydrogen-bond donors (Lipinski definition) is 3. The third-order valence-corrected chi connectivity index (χ3v) is 1.79. The van der Waals surface area contributed by atoms with Crippen molar-refractivity contribution in [3.63, 3.8) is 0 Å². The Hall–Kier alpha value is -2.58. The van der Waals surface area contributed by atoms with E-state index in [2.05, 4.69) is 46.0 Å². The molecule has 0 radical (unpaired) electrons. The predicted octanol–water partition coefficient (Wildman–Crippen LogP) is -0.625. The van der Waals surface area contributed by atoms with Crippen LogP contribution < -0.4 is 0 Å². The number of aromatic amines is 3. The van der Waals surface area contributed by atoms with Crippen LogP contribution in [-0.4, -0.2) is 46.0 Å². The van der Waals surface area contributed by atoms with Crippen molar-refractivity contribution in [1.29, 1.82) is 0 Å². The molecule has 3 aromatic rings. The lowest BCUT2D eigenvalue weighted by Crippen LogP contribution is -1.81. The third-order valence-electron chi connectivity index (χ3n) is 1.79. The molecule has 0 amide bonds. The molecule has 9 nitrogen and oxygen atoms in total. The Bertz CT molecular complexity index is 484. The second kappa shape index (κ2) is 2.97. The molecular formula is C6H5N9. The lowest BCUT2D eigenvalue weighted by atomic mass is 10.4.